The number of amides is 2. The van der Waals surface area contributed by atoms with E-state index in [0.29, 0.717) is 19.1 Å². The van der Waals surface area contributed by atoms with Gasteiger partial charge < -0.3 is 20.5 Å². The summed E-state index contributed by atoms with van der Waals surface area (Å²) in [6.45, 7) is 2.59. The molecule has 2 amide bonds. The van der Waals surface area contributed by atoms with Gasteiger partial charge in [-0.3, -0.25) is 0 Å². The average molecular weight is 326 g/mol. The molecule has 0 saturated heterocycles. The van der Waals surface area contributed by atoms with Crippen molar-refractivity contribution in [3.63, 3.8) is 0 Å². The maximum atomic E-state index is 12.0. The number of nitrogens with one attached hydrogen (secondary N) is 2. The third-order valence-electron chi connectivity index (χ3n) is 3.83. The summed E-state index contributed by atoms with van der Waals surface area (Å²) in [6, 6.07) is -0.560. The van der Waals surface area contributed by atoms with Crippen LogP contribution in [0.15, 0.2) is 0 Å². The zero-order valence-electron chi connectivity index (χ0n) is 12.8. The quantitative estimate of drug-likeness (QED) is 0.628. The fourth-order valence-electron chi connectivity index (χ4n) is 2.45. The molecule has 0 unspecified atom stereocenters. The molecule has 1 aliphatic rings. The highest BCUT2D eigenvalue weighted by molar-refractivity contribution is 5.73. The highest BCUT2D eigenvalue weighted by atomic mass is 19.4. The van der Waals surface area contributed by atoms with Crippen LogP contribution in [-0.2, 0) is 4.74 Å². The Morgan fingerprint density at radius 3 is 2.55 bits per heavy atom. The van der Waals surface area contributed by atoms with E-state index < -0.39 is 24.7 Å². The van der Waals surface area contributed by atoms with Crippen molar-refractivity contribution in [1.82, 2.24) is 10.6 Å². The number of hydrogen-bond donors (Lipinski definition) is 3. The van der Waals surface area contributed by atoms with Crippen molar-refractivity contribution in [2.75, 3.05) is 19.7 Å². The van der Waals surface area contributed by atoms with E-state index in [0.717, 1.165) is 19.3 Å². The van der Waals surface area contributed by atoms with Gasteiger partial charge in [-0.25, -0.2) is 4.79 Å². The molecule has 1 fully saturated rings. The van der Waals surface area contributed by atoms with Crippen molar-refractivity contribution >= 4 is 6.03 Å². The summed E-state index contributed by atoms with van der Waals surface area (Å²) in [5, 5.41) is 13.5. The maximum absolute atomic E-state index is 12.0. The summed E-state index contributed by atoms with van der Waals surface area (Å²) in [7, 11) is 0. The van der Waals surface area contributed by atoms with Gasteiger partial charge in [-0.05, 0) is 25.2 Å². The molecule has 3 N–H and O–H groups in total. The second kappa shape index (κ2) is 9.19. The van der Waals surface area contributed by atoms with Crippen LogP contribution in [-0.4, -0.2) is 49.2 Å². The predicted octanol–water partition coefficient (Wildman–Crippen LogP) is 2.19. The molecule has 0 spiro atoms. The summed E-state index contributed by atoms with van der Waals surface area (Å²) in [6.07, 6.45) is -2.83. The molecule has 1 saturated carbocycles. The van der Waals surface area contributed by atoms with E-state index in [4.69, 9.17) is 9.84 Å². The number of hydrogen-bond acceptors (Lipinski definition) is 3. The summed E-state index contributed by atoms with van der Waals surface area (Å²) in [5.74, 6) is 0.520. The number of halogens is 3. The number of carbonyl (C=O) groups is 1. The number of aliphatic hydroxyl groups is 1. The first-order valence-corrected chi connectivity index (χ1v) is 7.68. The third kappa shape index (κ3) is 7.31. The van der Waals surface area contributed by atoms with Crippen LogP contribution in [0.3, 0.4) is 0 Å². The lowest BCUT2D eigenvalue weighted by atomic mass is 9.88. The third-order valence-corrected chi connectivity index (χ3v) is 3.83. The van der Waals surface area contributed by atoms with Gasteiger partial charge in [0.05, 0.1) is 12.7 Å². The number of rotatable bonds is 7. The van der Waals surface area contributed by atoms with E-state index in [1.807, 2.05) is 0 Å². The molecule has 0 aromatic rings. The predicted molar refractivity (Wildman–Crippen MR) is 75.5 cm³/mol. The van der Waals surface area contributed by atoms with E-state index in [1.165, 1.54) is 6.42 Å². The zero-order valence-corrected chi connectivity index (χ0v) is 12.8. The summed E-state index contributed by atoms with van der Waals surface area (Å²) < 4.78 is 41.8. The van der Waals surface area contributed by atoms with Crippen molar-refractivity contribution < 1.29 is 27.8 Å². The van der Waals surface area contributed by atoms with E-state index in [2.05, 4.69) is 17.6 Å². The lowest BCUT2D eigenvalue weighted by Crippen LogP contribution is -2.40. The van der Waals surface area contributed by atoms with Gasteiger partial charge >= 0.3 is 12.2 Å². The van der Waals surface area contributed by atoms with Gasteiger partial charge in [0, 0.05) is 13.1 Å². The average Bonchev–Trinajstić information content (AvgIpc) is 2.44. The number of ether oxygens (including phenoxy) is 1. The molecule has 0 bridgehead atoms. The van der Waals surface area contributed by atoms with Crippen molar-refractivity contribution in [1.29, 1.82) is 0 Å². The molecule has 0 aromatic heterocycles. The van der Waals surface area contributed by atoms with Crippen molar-refractivity contribution in [2.24, 2.45) is 5.92 Å². The molecule has 0 aliphatic heterocycles. The van der Waals surface area contributed by atoms with Crippen LogP contribution in [0.5, 0.6) is 0 Å². The Kier molecular flexibility index (Phi) is 7.95. The fraction of sp³-hybridized carbons (Fsp3) is 0.929. The molecule has 1 rings (SSSR count). The Hall–Kier alpha value is -1.02. The van der Waals surface area contributed by atoms with Gasteiger partial charge in [-0.1, -0.05) is 19.8 Å². The normalized spacial score (nSPS) is 23.9. The lowest BCUT2D eigenvalue weighted by Gasteiger charge is -2.28. The molecule has 0 radical (unpaired) electrons. The Morgan fingerprint density at radius 1 is 1.27 bits per heavy atom. The van der Waals surface area contributed by atoms with Gasteiger partial charge in [0.1, 0.15) is 0 Å². The van der Waals surface area contributed by atoms with Gasteiger partial charge in [0.25, 0.3) is 0 Å². The van der Waals surface area contributed by atoms with E-state index in [-0.39, 0.29) is 12.6 Å². The van der Waals surface area contributed by atoms with Crippen LogP contribution in [0.1, 0.15) is 39.0 Å². The Labute approximate surface area is 128 Å². The number of alkyl halides is 3. The van der Waals surface area contributed by atoms with E-state index >= 15 is 0 Å². The SMILES string of the molecule is C[C@@H]1CCCC[C@H]1OCCNC(=O)NCC[C@H](O)C(F)(F)F. The minimum absolute atomic E-state index is 0.223. The number of aliphatic hydroxyl groups excluding tert-OH is 1. The van der Waals surface area contributed by atoms with Crippen LogP contribution >= 0.6 is 0 Å². The monoisotopic (exact) mass is 326 g/mol. The first kappa shape index (κ1) is 19.0. The Morgan fingerprint density at radius 2 is 1.91 bits per heavy atom. The highest BCUT2D eigenvalue weighted by Crippen LogP contribution is 2.26. The number of carbonyl (C=O) groups excluding carboxylic acids is 1. The second-order valence-corrected chi connectivity index (χ2v) is 5.70. The van der Waals surface area contributed by atoms with Crippen molar-refractivity contribution in [3.05, 3.63) is 0 Å². The molecule has 0 aromatic carbocycles. The molecule has 8 heteroatoms. The van der Waals surface area contributed by atoms with Crippen molar-refractivity contribution in [2.45, 2.75) is 57.4 Å². The molecule has 0 heterocycles. The summed E-state index contributed by atoms with van der Waals surface area (Å²) >= 11 is 0. The molecule has 22 heavy (non-hydrogen) atoms. The fourth-order valence-corrected chi connectivity index (χ4v) is 2.45. The Bertz CT molecular complexity index is 340. The van der Waals surface area contributed by atoms with Crippen LogP contribution < -0.4 is 10.6 Å². The molecule has 3 atom stereocenters. The zero-order chi connectivity index (χ0) is 16.6. The summed E-state index contributed by atoms with van der Waals surface area (Å²) in [4.78, 5) is 11.3. The van der Waals surface area contributed by atoms with E-state index in [1.54, 1.807) is 0 Å². The van der Waals surface area contributed by atoms with Crippen molar-refractivity contribution in [3.8, 4) is 0 Å². The molecule has 1 aliphatic carbocycles. The minimum atomic E-state index is -4.65. The lowest BCUT2D eigenvalue weighted by molar-refractivity contribution is -0.204. The van der Waals surface area contributed by atoms with Crippen LogP contribution in [0.4, 0.5) is 18.0 Å². The Balaban J connectivity index is 2.04. The first-order chi connectivity index (χ1) is 10.3. The molecule has 130 valence electrons. The van der Waals surface area contributed by atoms with Gasteiger partial charge in [-0.2, -0.15) is 13.2 Å². The standard InChI is InChI=1S/C14H25F3N2O3/c1-10-4-2-3-5-11(10)22-9-8-19-13(21)18-7-6-12(20)14(15,16)17/h10-12,20H,2-9H2,1H3,(H2,18,19,21)/t10-,11-,12+/m1/s1. The second-order valence-electron chi connectivity index (χ2n) is 5.70. The first-order valence-electron chi connectivity index (χ1n) is 7.68. The van der Waals surface area contributed by atoms with Gasteiger partial charge in [0.2, 0.25) is 0 Å². The number of urea groups is 1. The highest BCUT2D eigenvalue weighted by Gasteiger charge is 2.37. The molecular formula is C14H25F3N2O3. The largest absolute Gasteiger partial charge is 0.414 e. The van der Waals surface area contributed by atoms with Gasteiger partial charge in [-0.15, -0.1) is 0 Å². The maximum Gasteiger partial charge on any atom is 0.414 e. The molecular weight excluding hydrogens is 301 g/mol. The van der Waals surface area contributed by atoms with Gasteiger partial charge in [0.15, 0.2) is 6.10 Å². The molecule has 5 nitrogen and oxygen atoms in total. The topological polar surface area (TPSA) is 70.6 Å². The van der Waals surface area contributed by atoms with Crippen LogP contribution in [0.2, 0.25) is 0 Å². The minimum Gasteiger partial charge on any atom is -0.384 e. The van der Waals surface area contributed by atoms with Crippen LogP contribution in [0, 0.1) is 5.92 Å². The smallest absolute Gasteiger partial charge is 0.384 e. The van der Waals surface area contributed by atoms with E-state index in [9.17, 15) is 18.0 Å². The van der Waals surface area contributed by atoms with Crippen LogP contribution in [0.25, 0.3) is 0 Å². The summed E-state index contributed by atoms with van der Waals surface area (Å²) in [5.41, 5.74) is 0.